The summed E-state index contributed by atoms with van der Waals surface area (Å²) in [5, 5.41) is 6.33. The van der Waals surface area contributed by atoms with E-state index in [4.69, 9.17) is 4.99 Å². The average Bonchev–Trinajstić information content (AvgIpc) is 3.18. The predicted octanol–water partition coefficient (Wildman–Crippen LogP) is 3.20. The third-order valence-electron chi connectivity index (χ3n) is 5.44. The van der Waals surface area contributed by atoms with Gasteiger partial charge in [-0.2, -0.15) is 0 Å². The van der Waals surface area contributed by atoms with Gasteiger partial charge < -0.3 is 20.4 Å². The molecule has 9 heteroatoms. The van der Waals surface area contributed by atoms with Crippen LogP contribution in [-0.2, 0) is 0 Å². The Hall–Kier alpha value is -1.88. The molecule has 0 radical (unpaired) electrons. The molecule has 2 aromatic rings. The maximum Gasteiger partial charge on any atom is 0.263 e. The summed E-state index contributed by atoms with van der Waals surface area (Å²) in [6.07, 6.45) is 0. The van der Waals surface area contributed by atoms with E-state index in [1.807, 2.05) is 6.92 Å². The monoisotopic (exact) mass is 556 g/mol. The van der Waals surface area contributed by atoms with E-state index in [9.17, 15) is 4.79 Å². The van der Waals surface area contributed by atoms with Gasteiger partial charge in [-0.15, -0.1) is 35.3 Å². The van der Waals surface area contributed by atoms with Crippen molar-refractivity contribution in [2.24, 2.45) is 4.99 Å². The Kier molecular flexibility index (Phi) is 10.0. The predicted molar refractivity (Wildman–Crippen MR) is 140 cm³/mol. The Labute approximate surface area is 206 Å². The fourth-order valence-electron chi connectivity index (χ4n) is 3.59. The zero-order valence-corrected chi connectivity index (χ0v) is 21.9. The number of benzene rings is 1. The standard InChI is InChI=1S/C22H32N6OS.HI/c1-5-23-22(25-10-9-24-21(29)20-18(4)26-15-30-20)28-13-11-27(12-14-28)19-8-6-7-16(2)17(19)3;/h6-8,15H,5,9-14H2,1-4H3,(H,23,25)(H,24,29);1H. The van der Waals surface area contributed by atoms with Crippen molar-refractivity contribution in [3.63, 3.8) is 0 Å². The van der Waals surface area contributed by atoms with Crippen LogP contribution in [0.4, 0.5) is 5.69 Å². The van der Waals surface area contributed by atoms with Crippen molar-refractivity contribution in [1.82, 2.24) is 20.5 Å². The highest BCUT2D eigenvalue weighted by molar-refractivity contribution is 14.0. The average molecular weight is 557 g/mol. The van der Waals surface area contributed by atoms with Gasteiger partial charge in [-0.3, -0.25) is 9.79 Å². The number of aliphatic imine (C=N–C) groups is 1. The molecule has 31 heavy (non-hydrogen) atoms. The summed E-state index contributed by atoms with van der Waals surface area (Å²) >= 11 is 1.37. The van der Waals surface area contributed by atoms with Crippen LogP contribution in [0.25, 0.3) is 0 Å². The molecule has 1 aromatic carbocycles. The lowest BCUT2D eigenvalue weighted by Crippen LogP contribution is -2.52. The maximum atomic E-state index is 12.2. The second kappa shape index (κ2) is 12.2. The zero-order valence-electron chi connectivity index (χ0n) is 18.8. The van der Waals surface area contributed by atoms with E-state index in [0.29, 0.717) is 18.0 Å². The topological polar surface area (TPSA) is 72.9 Å². The number of guanidine groups is 1. The highest BCUT2D eigenvalue weighted by Gasteiger charge is 2.21. The number of carbonyl (C=O) groups excluding carboxylic acids is 1. The smallest absolute Gasteiger partial charge is 0.263 e. The first kappa shape index (κ1) is 25.4. The minimum absolute atomic E-state index is 0. The van der Waals surface area contributed by atoms with Crippen molar-refractivity contribution in [1.29, 1.82) is 0 Å². The maximum absolute atomic E-state index is 12.2. The van der Waals surface area contributed by atoms with Gasteiger partial charge in [0.15, 0.2) is 5.96 Å². The van der Waals surface area contributed by atoms with Gasteiger partial charge in [0.2, 0.25) is 0 Å². The Balaban J connectivity index is 0.00000341. The second-order valence-corrected chi connectivity index (χ2v) is 8.31. The summed E-state index contributed by atoms with van der Waals surface area (Å²) < 4.78 is 0. The molecule has 2 N–H and O–H groups in total. The van der Waals surface area contributed by atoms with Crippen LogP contribution >= 0.6 is 35.3 Å². The van der Waals surface area contributed by atoms with Crippen LogP contribution in [-0.4, -0.2) is 67.6 Å². The van der Waals surface area contributed by atoms with E-state index in [0.717, 1.165) is 44.4 Å². The molecule has 1 fully saturated rings. The van der Waals surface area contributed by atoms with Crippen molar-refractivity contribution in [2.75, 3.05) is 50.7 Å². The fourth-order valence-corrected chi connectivity index (χ4v) is 4.31. The van der Waals surface area contributed by atoms with Gasteiger partial charge in [-0.05, 0) is 44.9 Å². The second-order valence-electron chi connectivity index (χ2n) is 7.45. The Morgan fingerprint density at radius 2 is 1.90 bits per heavy atom. The van der Waals surface area contributed by atoms with Gasteiger partial charge in [-0.1, -0.05) is 12.1 Å². The minimum atomic E-state index is -0.0719. The molecule has 0 spiro atoms. The van der Waals surface area contributed by atoms with Crippen molar-refractivity contribution in [3.8, 4) is 0 Å². The molecule has 0 atom stereocenters. The number of hydrogen-bond acceptors (Lipinski definition) is 5. The number of thiazole rings is 1. The molecule has 170 valence electrons. The first-order valence-corrected chi connectivity index (χ1v) is 11.4. The van der Waals surface area contributed by atoms with Crippen LogP contribution in [0.1, 0.15) is 33.4 Å². The SMILES string of the molecule is CCNC(=NCCNC(=O)c1scnc1C)N1CCN(c2cccc(C)c2C)CC1.I. The Morgan fingerprint density at radius 3 is 2.55 bits per heavy atom. The first-order valence-electron chi connectivity index (χ1n) is 10.5. The Morgan fingerprint density at radius 1 is 1.16 bits per heavy atom. The normalized spacial score (nSPS) is 14.3. The van der Waals surface area contributed by atoms with Crippen molar-refractivity contribution >= 4 is 52.9 Å². The molecule has 2 heterocycles. The highest BCUT2D eigenvalue weighted by Crippen LogP contribution is 2.23. The van der Waals surface area contributed by atoms with E-state index >= 15 is 0 Å². The number of amides is 1. The van der Waals surface area contributed by atoms with E-state index in [-0.39, 0.29) is 29.9 Å². The number of aryl methyl sites for hydroxylation is 2. The summed E-state index contributed by atoms with van der Waals surface area (Å²) in [7, 11) is 0. The molecule has 3 rings (SSSR count). The molecule has 1 saturated heterocycles. The van der Waals surface area contributed by atoms with Gasteiger partial charge >= 0.3 is 0 Å². The van der Waals surface area contributed by atoms with Crippen molar-refractivity contribution < 1.29 is 4.79 Å². The quantitative estimate of drug-likeness (QED) is 0.248. The summed E-state index contributed by atoms with van der Waals surface area (Å²) in [5.74, 6) is 0.846. The molecule has 1 aromatic heterocycles. The van der Waals surface area contributed by atoms with Crippen LogP contribution < -0.4 is 15.5 Å². The molecule has 7 nitrogen and oxygen atoms in total. The number of aromatic nitrogens is 1. The van der Waals surface area contributed by atoms with Crippen LogP contribution in [0.2, 0.25) is 0 Å². The van der Waals surface area contributed by atoms with Gasteiger partial charge in [0.1, 0.15) is 4.88 Å². The van der Waals surface area contributed by atoms with Gasteiger partial charge in [0.25, 0.3) is 5.91 Å². The van der Waals surface area contributed by atoms with Gasteiger partial charge in [0, 0.05) is 45.0 Å². The van der Waals surface area contributed by atoms with Gasteiger partial charge in [0.05, 0.1) is 17.7 Å². The van der Waals surface area contributed by atoms with E-state index in [1.54, 1.807) is 5.51 Å². The van der Waals surface area contributed by atoms with Crippen LogP contribution in [0.3, 0.4) is 0 Å². The van der Waals surface area contributed by atoms with E-state index < -0.39 is 0 Å². The third-order valence-corrected chi connectivity index (χ3v) is 6.37. The fraction of sp³-hybridized carbons (Fsp3) is 0.500. The molecular weight excluding hydrogens is 523 g/mol. The summed E-state index contributed by atoms with van der Waals surface area (Å²) in [5.41, 5.74) is 6.50. The van der Waals surface area contributed by atoms with Crippen LogP contribution in [0.15, 0.2) is 28.7 Å². The number of hydrogen-bond donors (Lipinski definition) is 2. The number of nitrogens with one attached hydrogen (secondary N) is 2. The largest absolute Gasteiger partial charge is 0.368 e. The number of halogens is 1. The zero-order chi connectivity index (χ0) is 21.5. The summed E-state index contributed by atoms with van der Waals surface area (Å²) in [6.45, 7) is 14.0. The molecule has 0 aliphatic carbocycles. The van der Waals surface area contributed by atoms with Crippen molar-refractivity contribution in [3.05, 3.63) is 45.4 Å². The molecule has 0 saturated carbocycles. The van der Waals surface area contributed by atoms with E-state index in [2.05, 4.69) is 64.4 Å². The molecular formula is C22H33IN6OS. The number of rotatable bonds is 6. The lowest BCUT2D eigenvalue weighted by Gasteiger charge is -2.38. The minimum Gasteiger partial charge on any atom is -0.368 e. The van der Waals surface area contributed by atoms with Crippen LogP contribution in [0.5, 0.6) is 0 Å². The lowest BCUT2D eigenvalue weighted by atomic mass is 10.1. The molecule has 0 unspecified atom stereocenters. The van der Waals surface area contributed by atoms with Gasteiger partial charge in [-0.25, -0.2) is 4.98 Å². The molecule has 1 aliphatic heterocycles. The van der Waals surface area contributed by atoms with Crippen molar-refractivity contribution in [2.45, 2.75) is 27.7 Å². The summed E-state index contributed by atoms with van der Waals surface area (Å²) in [6, 6.07) is 6.52. The van der Waals surface area contributed by atoms with E-state index in [1.165, 1.54) is 28.2 Å². The third kappa shape index (κ3) is 6.55. The summed E-state index contributed by atoms with van der Waals surface area (Å²) in [4.78, 5) is 26.5. The first-order chi connectivity index (χ1) is 14.5. The Bertz CT molecular complexity index is 892. The highest BCUT2D eigenvalue weighted by atomic mass is 127. The molecule has 1 aliphatic rings. The van der Waals surface area contributed by atoms with Crippen LogP contribution in [0, 0.1) is 20.8 Å². The molecule has 1 amide bonds. The number of carbonyl (C=O) groups is 1. The number of nitrogens with zero attached hydrogens (tertiary/aromatic N) is 4. The molecule has 0 bridgehead atoms. The number of piperazine rings is 1. The number of anilines is 1. The lowest BCUT2D eigenvalue weighted by molar-refractivity contribution is 0.0958.